The number of nitrogens with two attached hydrogens (primary N) is 1. The number of rotatable bonds is 3. The fourth-order valence-corrected chi connectivity index (χ4v) is 1.46. The van der Waals surface area contributed by atoms with E-state index in [-0.39, 0.29) is 29.2 Å². The molecule has 0 aliphatic carbocycles. The molecule has 2 amide bonds. The Balaban J connectivity index is 2.59. The van der Waals surface area contributed by atoms with E-state index in [4.69, 9.17) is 5.73 Å². The first-order chi connectivity index (χ1) is 8.69. The van der Waals surface area contributed by atoms with Crippen LogP contribution in [0.4, 0.5) is 10.1 Å². The molecular weight excluding hydrogens is 249 g/mol. The van der Waals surface area contributed by atoms with Crippen LogP contribution < -0.4 is 16.4 Å². The van der Waals surface area contributed by atoms with Crippen LogP contribution in [-0.4, -0.2) is 23.9 Å². The quantitative estimate of drug-likeness (QED) is 0.716. The lowest BCUT2D eigenvalue weighted by molar-refractivity contribution is -0.121. The predicted octanol–water partition coefficient (Wildman–Crippen LogP) is 1.05. The topological polar surface area (TPSA) is 84.2 Å². The molecule has 19 heavy (non-hydrogen) atoms. The number of anilines is 1. The van der Waals surface area contributed by atoms with E-state index in [0.29, 0.717) is 0 Å². The molecule has 0 saturated carbocycles. The number of nitrogens with one attached hydrogen (secondary N) is 2. The van der Waals surface area contributed by atoms with Crippen molar-refractivity contribution in [3.05, 3.63) is 29.6 Å². The van der Waals surface area contributed by atoms with E-state index in [2.05, 4.69) is 10.6 Å². The Labute approximate surface area is 111 Å². The number of hydrogen-bond donors (Lipinski definition) is 3. The second-order valence-electron chi connectivity index (χ2n) is 5.21. The van der Waals surface area contributed by atoms with Crippen molar-refractivity contribution in [2.45, 2.75) is 26.3 Å². The molecule has 6 heteroatoms. The molecule has 4 N–H and O–H groups in total. The number of amides is 2. The van der Waals surface area contributed by atoms with Gasteiger partial charge in [0.25, 0.3) is 5.91 Å². The van der Waals surface area contributed by atoms with Gasteiger partial charge in [-0.3, -0.25) is 9.59 Å². The van der Waals surface area contributed by atoms with Crippen LogP contribution in [0.1, 0.15) is 31.1 Å². The molecule has 0 unspecified atom stereocenters. The fraction of sp³-hybridized carbons (Fsp3) is 0.385. The summed E-state index contributed by atoms with van der Waals surface area (Å²) >= 11 is 0. The average molecular weight is 267 g/mol. The smallest absolute Gasteiger partial charge is 0.253 e. The Morgan fingerprint density at radius 1 is 1.32 bits per heavy atom. The summed E-state index contributed by atoms with van der Waals surface area (Å²) < 4.78 is 12.8. The SMILES string of the molecule is CC(C)(C)NC(=O)CNC(=O)c1ccc(F)cc1N. The van der Waals surface area contributed by atoms with Gasteiger partial charge < -0.3 is 16.4 Å². The highest BCUT2D eigenvalue weighted by Crippen LogP contribution is 2.12. The molecule has 0 bridgehead atoms. The Hall–Kier alpha value is -2.11. The van der Waals surface area contributed by atoms with Crippen LogP contribution in [0.3, 0.4) is 0 Å². The summed E-state index contributed by atoms with van der Waals surface area (Å²) in [4.78, 5) is 23.3. The summed E-state index contributed by atoms with van der Waals surface area (Å²) in [5.74, 6) is -1.33. The van der Waals surface area contributed by atoms with Gasteiger partial charge in [0.15, 0.2) is 0 Å². The van der Waals surface area contributed by atoms with E-state index in [1.165, 1.54) is 6.07 Å². The minimum absolute atomic E-state index is 0.0359. The van der Waals surface area contributed by atoms with Crippen molar-refractivity contribution in [2.75, 3.05) is 12.3 Å². The Bertz CT molecular complexity index is 495. The van der Waals surface area contributed by atoms with Crippen LogP contribution in [0.5, 0.6) is 0 Å². The maximum atomic E-state index is 12.8. The molecule has 0 fully saturated rings. The van der Waals surface area contributed by atoms with Gasteiger partial charge in [-0.2, -0.15) is 0 Å². The number of nitrogen functional groups attached to an aromatic ring is 1. The van der Waals surface area contributed by atoms with Gasteiger partial charge in [0.2, 0.25) is 5.91 Å². The molecule has 5 nitrogen and oxygen atoms in total. The first kappa shape index (κ1) is 14.9. The van der Waals surface area contributed by atoms with Crippen LogP contribution in [0.2, 0.25) is 0 Å². The molecule has 1 rings (SSSR count). The maximum absolute atomic E-state index is 12.8. The minimum atomic E-state index is -0.514. The summed E-state index contributed by atoms with van der Waals surface area (Å²) in [6, 6.07) is 3.48. The number of benzene rings is 1. The number of carbonyl (C=O) groups excluding carboxylic acids is 2. The summed E-state index contributed by atoms with van der Waals surface area (Å²) in [7, 11) is 0. The first-order valence-corrected chi connectivity index (χ1v) is 5.83. The standard InChI is InChI=1S/C13H18FN3O2/c1-13(2,3)17-11(18)7-16-12(19)9-5-4-8(14)6-10(9)15/h4-6H,7,15H2,1-3H3,(H,16,19)(H,17,18). The lowest BCUT2D eigenvalue weighted by Gasteiger charge is -2.20. The second-order valence-corrected chi connectivity index (χ2v) is 5.21. The maximum Gasteiger partial charge on any atom is 0.253 e. The molecular formula is C13H18FN3O2. The van der Waals surface area contributed by atoms with Gasteiger partial charge in [-0.1, -0.05) is 0 Å². The largest absolute Gasteiger partial charge is 0.398 e. The molecule has 0 saturated heterocycles. The Morgan fingerprint density at radius 3 is 2.47 bits per heavy atom. The zero-order valence-corrected chi connectivity index (χ0v) is 11.2. The van der Waals surface area contributed by atoms with E-state index in [1.54, 1.807) is 0 Å². The molecule has 0 heterocycles. The lowest BCUT2D eigenvalue weighted by atomic mass is 10.1. The van der Waals surface area contributed by atoms with Crippen molar-refractivity contribution in [3.63, 3.8) is 0 Å². The predicted molar refractivity (Wildman–Crippen MR) is 71.0 cm³/mol. The van der Waals surface area contributed by atoms with Crippen LogP contribution >= 0.6 is 0 Å². The third-order valence-electron chi connectivity index (χ3n) is 2.18. The van der Waals surface area contributed by atoms with Crippen molar-refractivity contribution in [2.24, 2.45) is 0 Å². The summed E-state index contributed by atoms with van der Waals surface area (Å²) in [5, 5.41) is 5.13. The first-order valence-electron chi connectivity index (χ1n) is 5.83. The number of carbonyl (C=O) groups is 2. The second kappa shape index (κ2) is 5.69. The highest BCUT2D eigenvalue weighted by atomic mass is 19.1. The van der Waals surface area contributed by atoms with Crippen molar-refractivity contribution in [3.8, 4) is 0 Å². The Morgan fingerprint density at radius 2 is 1.95 bits per heavy atom. The number of halogens is 1. The molecule has 0 aromatic heterocycles. The minimum Gasteiger partial charge on any atom is -0.398 e. The van der Waals surface area contributed by atoms with Gasteiger partial charge >= 0.3 is 0 Å². The molecule has 1 aromatic rings. The van der Waals surface area contributed by atoms with Crippen molar-refractivity contribution in [1.29, 1.82) is 0 Å². The van der Waals surface area contributed by atoms with E-state index in [0.717, 1.165) is 12.1 Å². The molecule has 0 aliphatic rings. The van der Waals surface area contributed by atoms with Gasteiger partial charge in [0.05, 0.1) is 12.1 Å². The van der Waals surface area contributed by atoms with Crippen molar-refractivity contribution < 1.29 is 14.0 Å². The van der Waals surface area contributed by atoms with E-state index < -0.39 is 11.7 Å². The van der Waals surface area contributed by atoms with E-state index >= 15 is 0 Å². The van der Waals surface area contributed by atoms with Crippen LogP contribution in [0.15, 0.2) is 18.2 Å². The fourth-order valence-electron chi connectivity index (χ4n) is 1.46. The molecule has 0 aliphatic heterocycles. The third-order valence-corrected chi connectivity index (χ3v) is 2.18. The molecule has 104 valence electrons. The molecule has 0 radical (unpaired) electrons. The van der Waals surface area contributed by atoms with Crippen LogP contribution in [-0.2, 0) is 4.79 Å². The average Bonchev–Trinajstić information content (AvgIpc) is 2.23. The summed E-state index contributed by atoms with van der Waals surface area (Å²) in [6.07, 6.45) is 0. The van der Waals surface area contributed by atoms with Crippen LogP contribution in [0.25, 0.3) is 0 Å². The Kier molecular flexibility index (Phi) is 4.47. The summed E-state index contributed by atoms with van der Waals surface area (Å²) in [6.45, 7) is 5.35. The molecule has 0 atom stereocenters. The highest BCUT2D eigenvalue weighted by Gasteiger charge is 2.15. The number of hydrogen-bond acceptors (Lipinski definition) is 3. The van der Waals surface area contributed by atoms with Gasteiger partial charge in [0, 0.05) is 11.2 Å². The van der Waals surface area contributed by atoms with Gasteiger partial charge in [-0.05, 0) is 39.0 Å². The van der Waals surface area contributed by atoms with E-state index in [9.17, 15) is 14.0 Å². The zero-order chi connectivity index (χ0) is 14.6. The van der Waals surface area contributed by atoms with E-state index in [1.807, 2.05) is 20.8 Å². The molecule has 0 spiro atoms. The van der Waals surface area contributed by atoms with Gasteiger partial charge in [-0.15, -0.1) is 0 Å². The van der Waals surface area contributed by atoms with Crippen molar-refractivity contribution >= 4 is 17.5 Å². The van der Waals surface area contributed by atoms with Crippen molar-refractivity contribution in [1.82, 2.24) is 10.6 Å². The lowest BCUT2D eigenvalue weighted by Crippen LogP contribution is -2.45. The highest BCUT2D eigenvalue weighted by molar-refractivity contribution is 6.00. The molecule has 1 aromatic carbocycles. The van der Waals surface area contributed by atoms with Gasteiger partial charge in [-0.25, -0.2) is 4.39 Å². The van der Waals surface area contributed by atoms with Crippen LogP contribution in [0, 0.1) is 5.82 Å². The zero-order valence-electron chi connectivity index (χ0n) is 11.2. The summed E-state index contributed by atoms with van der Waals surface area (Å²) in [5.41, 5.74) is 5.34. The monoisotopic (exact) mass is 267 g/mol. The third kappa shape index (κ3) is 4.95. The normalized spacial score (nSPS) is 10.9. The van der Waals surface area contributed by atoms with Gasteiger partial charge in [0.1, 0.15) is 5.82 Å².